The summed E-state index contributed by atoms with van der Waals surface area (Å²) in [6.07, 6.45) is -0.290. The molecule has 0 aliphatic carbocycles. The van der Waals surface area contributed by atoms with Crippen molar-refractivity contribution in [3.05, 3.63) is 69.7 Å². The SMILES string of the molecule is CCOC(C(=O)Cc1ccc(Cl)c(Cl)c1)c1ccccc1. The second-order valence-corrected chi connectivity index (χ2v) is 5.45. The van der Waals surface area contributed by atoms with Crippen LogP contribution in [0.15, 0.2) is 48.5 Å². The minimum atomic E-state index is -0.550. The summed E-state index contributed by atoms with van der Waals surface area (Å²) in [4.78, 5) is 12.5. The minimum absolute atomic E-state index is 0.00133. The summed E-state index contributed by atoms with van der Waals surface area (Å²) in [6, 6.07) is 14.7. The predicted octanol–water partition coefficient (Wildman–Crippen LogP) is 4.88. The smallest absolute Gasteiger partial charge is 0.170 e. The number of ketones is 1. The predicted molar refractivity (Wildman–Crippen MR) is 86.0 cm³/mol. The first-order chi connectivity index (χ1) is 10.1. The molecule has 2 aromatic rings. The molecule has 0 amide bonds. The highest BCUT2D eigenvalue weighted by atomic mass is 35.5. The molecule has 0 saturated heterocycles. The van der Waals surface area contributed by atoms with Gasteiger partial charge in [-0.25, -0.2) is 0 Å². The first-order valence-corrected chi connectivity index (χ1v) is 7.50. The monoisotopic (exact) mass is 322 g/mol. The Morgan fingerprint density at radius 3 is 2.43 bits per heavy atom. The second kappa shape index (κ2) is 7.60. The number of carbonyl (C=O) groups excluding carboxylic acids is 1. The van der Waals surface area contributed by atoms with Gasteiger partial charge in [0.2, 0.25) is 0 Å². The van der Waals surface area contributed by atoms with Crippen LogP contribution in [-0.4, -0.2) is 12.4 Å². The van der Waals surface area contributed by atoms with Crippen LogP contribution in [0.5, 0.6) is 0 Å². The van der Waals surface area contributed by atoms with Crippen molar-refractivity contribution in [2.24, 2.45) is 0 Å². The van der Waals surface area contributed by atoms with Gasteiger partial charge in [-0.05, 0) is 30.2 Å². The molecule has 110 valence electrons. The number of rotatable bonds is 6. The molecule has 21 heavy (non-hydrogen) atoms. The maximum absolute atomic E-state index is 12.5. The van der Waals surface area contributed by atoms with Gasteiger partial charge in [-0.1, -0.05) is 59.6 Å². The highest BCUT2D eigenvalue weighted by molar-refractivity contribution is 6.42. The Hall–Kier alpha value is -1.35. The highest BCUT2D eigenvalue weighted by Crippen LogP contribution is 2.25. The van der Waals surface area contributed by atoms with Crippen molar-refractivity contribution in [2.75, 3.05) is 6.61 Å². The van der Waals surface area contributed by atoms with Gasteiger partial charge in [-0.2, -0.15) is 0 Å². The summed E-state index contributed by atoms with van der Waals surface area (Å²) >= 11 is 11.9. The van der Waals surface area contributed by atoms with E-state index in [1.54, 1.807) is 18.2 Å². The standard InChI is InChI=1S/C17H16Cl2O2/c1-2-21-17(13-6-4-3-5-7-13)16(20)11-12-8-9-14(18)15(19)10-12/h3-10,17H,2,11H2,1H3. The van der Waals surface area contributed by atoms with E-state index in [2.05, 4.69) is 0 Å². The number of halogens is 2. The molecule has 0 heterocycles. The summed E-state index contributed by atoms with van der Waals surface area (Å²) < 4.78 is 5.61. The van der Waals surface area contributed by atoms with E-state index in [1.165, 1.54) is 0 Å². The Morgan fingerprint density at radius 2 is 1.81 bits per heavy atom. The van der Waals surface area contributed by atoms with Crippen molar-refractivity contribution in [3.8, 4) is 0 Å². The maximum Gasteiger partial charge on any atom is 0.170 e. The molecule has 2 aromatic carbocycles. The zero-order chi connectivity index (χ0) is 15.2. The molecule has 1 unspecified atom stereocenters. The fourth-order valence-corrected chi connectivity index (χ4v) is 2.43. The van der Waals surface area contributed by atoms with Gasteiger partial charge in [0.15, 0.2) is 5.78 Å². The number of carbonyl (C=O) groups is 1. The molecule has 4 heteroatoms. The molecular formula is C17H16Cl2O2. The molecule has 0 radical (unpaired) electrons. The second-order valence-electron chi connectivity index (χ2n) is 4.64. The van der Waals surface area contributed by atoms with Crippen LogP contribution in [0.4, 0.5) is 0 Å². The molecule has 2 rings (SSSR count). The van der Waals surface area contributed by atoms with Crippen molar-refractivity contribution < 1.29 is 9.53 Å². The Bertz CT molecular complexity index is 611. The van der Waals surface area contributed by atoms with Crippen molar-refractivity contribution in [1.82, 2.24) is 0 Å². The molecule has 0 fully saturated rings. The van der Waals surface area contributed by atoms with E-state index < -0.39 is 6.10 Å². The number of hydrogen-bond acceptors (Lipinski definition) is 2. The van der Waals surface area contributed by atoms with Crippen LogP contribution in [0.25, 0.3) is 0 Å². The zero-order valence-corrected chi connectivity index (χ0v) is 13.2. The lowest BCUT2D eigenvalue weighted by molar-refractivity contribution is -0.130. The number of benzene rings is 2. The van der Waals surface area contributed by atoms with Crippen molar-refractivity contribution >= 4 is 29.0 Å². The first kappa shape index (κ1) is 16.0. The van der Waals surface area contributed by atoms with Gasteiger partial charge >= 0.3 is 0 Å². The van der Waals surface area contributed by atoms with Crippen LogP contribution in [-0.2, 0) is 16.0 Å². The van der Waals surface area contributed by atoms with Crippen LogP contribution < -0.4 is 0 Å². The molecule has 1 atom stereocenters. The average Bonchev–Trinajstić information content (AvgIpc) is 2.49. The van der Waals surface area contributed by atoms with E-state index in [1.807, 2.05) is 37.3 Å². The number of Topliss-reactive ketones (excluding diaryl/α,β-unsaturated/α-hetero) is 1. The summed E-state index contributed by atoms with van der Waals surface area (Å²) in [5, 5.41) is 0.937. The van der Waals surface area contributed by atoms with Crippen LogP contribution >= 0.6 is 23.2 Å². The fourth-order valence-electron chi connectivity index (χ4n) is 2.11. The molecular weight excluding hydrogens is 307 g/mol. The highest BCUT2D eigenvalue weighted by Gasteiger charge is 2.21. The van der Waals surface area contributed by atoms with Gasteiger partial charge in [0.1, 0.15) is 6.10 Å². The summed E-state index contributed by atoms with van der Waals surface area (Å²) in [7, 11) is 0. The molecule has 0 aliphatic rings. The fraction of sp³-hybridized carbons (Fsp3) is 0.235. The Labute approximate surface area is 134 Å². The zero-order valence-electron chi connectivity index (χ0n) is 11.7. The van der Waals surface area contributed by atoms with E-state index in [0.29, 0.717) is 16.7 Å². The van der Waals surface area contributed by atoms with Crippen LogP contribution in [0.1, 0.15) is 24.2 Å². The third kappa shape index (κ3) is 4.31. The third-order valence-corrected chi connectivity index (χ3v) is 3.83. The minimum Gasteiger partial charge on any atom is -0.366 e. The molecule has 0 bridgehead atoms. The van der Waals surface area contributed by atoms with Crippen LogP contribution in [0.3, 0.4) is 0 Å². The van der Waals surface area contributed by atoms with Gasteiger partial charge in [-0.3, -0.25) is 4.79 Å². The largest absolute Gasteiger partial charge is 0.366 e. The Morgan fingerprint density at radius 1 is 1.10 bits per heavy atom. The van der Waals surface area contributed by atoms with E-state index in [4.69, 9.17) is 27.9 Å². The molecule has 0 N–H and O–H groups in total. The lowest BCUT2D eigenvalue weighted by Crippen LogP contribution is -2.18. The van der Waals surface area contributed by atoms with Crippen molar-refractivity contribution in [2.45, 2.75) is 19.4 Å². The van der Waals surface area contributed by atoms with E-state index >= 15 is 0 Å². The number of ether oxygens (including phenoxy) is 1. The van der Waals surface area contributed by atoms with E-state index in [-0.39, 0.29) is 12.2 Å². The molecule has 0 aliphatic heterocycles. The van der Waals surface area contributed by atoms with Gasteiger partial charge in [0.05, 0.1) is 10.0 Å². The molecule has 2 nitrogen and oxygen atoms in total. The van der Waals surface area contributed by atoms with E-state index in [9.17, 15) is 4.79 Å². The quantitative estimate of drug-likeness (QED) is 0.757. The van der Waals surface area contributed by atoms with Gasteiger partial charge in [0, 0.05) is 13.0 Å². The lowest BCUT2D eigenvalue weighted by Gasteiger charge is -2.16. The van der Waals surface area contributed by atoms with Gasteiger partial charge < -0.3 is 4.74 Å². The Kier molecular flexibility index (Phi) is 5.80. The van der Waals surface area contributed by atoms with Crippen LogP contribution in [0, 0.1) is 0 Å². The summed E-state index contributed by atoms with van der Waals surface area (Å²) in [5.74, 6) is 0.00133. The molecule has 0 spiro atoms. The van der Waals surface area contributed by atoms with E-state index in [0.717, 1.165) is 11.1 Å². The third-order valence-electron chi connectivity index (χ3n) is 3.09. The normalized spacial score (nSPS) is 12.1. The molecule has 0 saturated carbocycles. The summed E-state index contributed by atoms with van der Waals surface area (Å²) in [6.45, 7) is 2.36. The first-order valence-electron chi connectivity index (χ1n) is 6.75. The van der Waals surface area contributed by atoms with Crippen LogP contribution in [0.2, 0.25) is 10.0 Å². The van der Waals surface area contributed by atoms with Crippen molar-refractivity contribution in [1.29, 1.82) is 0 Å². The van der Waals surface area contributed by atoms with Gasteiger partial charge in [-0.15, -0.1) is 0 Å². The van der Waals surface area contributed by atoms with Gasteiger partial charge in [0.25, 0.3) is 0 Å². The Balaban J connectivity index is 2.17. The maximum atomic E-state index is 12.5. The van der Waals surface area contributed by atoms with Crippen molar-refractivity contribution in [3.63, 3.8) is 0 Å². The summed E-state index contributed by atoms with van der Waals surface area (Å²) in [5.41, 5.74) is 1.69. The molecule has 0 aromatic heterocycles. The lowest BCUT2D eigenvalue weighted by atomic mass is 10.00. The topological polar surface area (TPSA) is 26.3 Å². The average molecular weight is 323 g/mol. The number of hydrogen-bond donors (Lipinski definition) is 0.